The zero-order valence-electron chi connectivity index (χ0n) is 5.06. The Kier molecular flexibility index (Phi) is 0.869. The van der Waals surface area contributed by atoms with Gasteiger partial charge in [-0.25, -0.2) is 0 Å². The van der Waals surface area contributed by atoms with E-state index in [1.807, 2.05) is 14.1 Å². The summed E-state index contributed by atoms with van der Waals surface area (Å²) in [5, 5.41) is 0. The van der Waals surface area contributed by atoms with Gasteiger partial charge in [0.15, 0.2) is 0 Å². The second-order valence-corrected chi connectivity index (χ2v) is 2.36. The minimum atomic E-state index is 0.0833. The molecule has 1 unspecified atom stereocenters. The van der Waals surface area contributed by atoms with Gasteiger partial charge in [0.1, 0.15) is 5.72 Å². The van der Waals surface area contributed by atoms with E-state index in [1.165, 1.54) is 0 Å². The van der Waals surface area contributed by atoms with Crippen molar-refractivity contribution in [1.82, 2.24) is 4.90 Å². The van der Waals surface area contributed by atoms with Gasteiger partial charge in [0.2, 0.25) is 0 Å². The van der Waals surface area contributed by atoms with E-state index in [0.717, 1.165) is 6.61 Å². The number of hydrogen-bond acceptors (Lipinski definition) is 2. The molecule has 2 heteroatoms. The van der Waals surface area contributed by atoms with E-state index in [4.69, 9.17) is 4.74 Å². The predicted octanol–water partition coefficient (Wildman–Crippen LogP) is 0.294. The Balaban J connectivity index is 2.39. The largest absolute Gasteiger partial charge is 0.354 e. The Labute approximate surface area is 44.1 Å². The average Bonchev–Trinajstić information content (AvgIpc) is 2.21. The van der Waals surface area contributed by atoms with Crippen LogP contribution in [0.1, 0.15) is 6.92 Å². The topological polar surface area (TPSA) is 15.8 Å². The number of epoxide rings is 1. The van der Waals surface area contributed by atoms with E-state index in [-0.39, 0.29) is 5.72 Å². The first-order valence-corrected chi connectivity index (χ1v) is 2.46. The van der Waals surface area contributed by atoms with E-state index < -0.39 is 0 Å². The van der Waals surface area contributed by atoms with Crippen molar-refractivity contribution in [3.8, 4) is 0 Å². The predicted molar refractivity (Wildman–Crippen MR) is 28.0 cm³/mol. The monoisotopic (exact) mass is 101 g/mol. The molecular formula is C5H11NO. The summed E-state index contributed by atoms with van der Waals surface area (Å²) >= 11 is 0. The molecule has 0 saturated carbocycles. The van der Waals surface area contributed by atoms with Crippen LogP contribution in [0.4, 0.5) is 0 Å². The molecule has 1 aliphatic rings. The van der Waals surface area contributed by atoms with Crippen molar-refractivity contribution >= 4 is 0 Å². The van der Waals surface area contributed by atoms with Gasteiger partial charge in [-0.3, -0.25) is 4.90 Å². The smallest absolute Gasteiger partial charge is 0.142 e. The first-order valence-electron chi connectivity index (χ1n) is 2.46. The van der Waals surface area contributed by atoms with E-state index in [0.29, 0.717) is 0 Å². The van der Waals surface area contributed by atoms with Crippen molar-refractivity contribution in [2.24, 2.45) is 0 Å². The van der Waals surface area contributed by atoms with Gasteiger partial charge in [0.25, 0.3) is 0 Å². The van der Waals surface area contributed by atoms with Gasteiger partial charge in [-0.15, -0.1) is 0 Å². The van der Waals surface area contributed by atoms with Crippen molar-refractivity contribution in [2.75, 3.05) is 20.7 Å². The van der Waals surface area contributed by atoms with Crippen LogP contribution in [0.5, 0.6) is 0 Å². The maximum absolute atomic E-state index is 5.08. The van der Waals surface area contributed by atoms with Gasteiger partial charge in [-0.05, 0) is 21.0 Å². The third-order valence-electron chi connectivity index (χ3n) is 1.51. The molecular weight excluding hydrogens is 90.1 g/mol. The molecule has 7 heavy (non-hydrogen) atoms. The van der Waals surface area contributed by atoms with Gasteiger partial charge in [0, 0.05) is 0 Å². The van der Waals surface area contributed by atoms with Gasteiger partial charge >= 0.3 is 0 Å². The van der Waals surface area contributed by atoms with E-state index in [1.54, 1.807) is 0 Å². The molecule has 0 spiro atoms. The van der Waals surface area contributed by atoms with Crippen LogP contribution in [-0.4, -0.2) is 31.3 Å². The number of nitrogens with zero attached hydrogens (tertiary/aromatic N) is 1. The molecule has 1 rings (SSSR count). The molecule has 42 valence electrons. The normalized spacial score (nSPS) is 39.4. The zero-order chi connectivity index (χ0) is 5.49. The molecule has 1 heterocycles. The molecule has 1 saturated heterocycles. The molecule has 2 nitrogen and oxygen atoms in total. The lowest BCUT2D eigenvalue weighted by Crippen LogP contribution is -2.27. The summed E-state index contributed by atoms with van der Waals surface area (Å²) in [6.07, 6.45) is 0. The summed E-state index contributed by atoms with van der Waals surface area (Å²) in [5.41, 5.74) is 0.0833. The fraction of sp³-hybridized carbons (Fsp3) is 1.00. The minimum Gasteiger partial charge on any atom is -0.354 e. The van der Waals surface area contributed by atoms with Crippen LogP contribution in [0.15, 0.2) is 0 Å². The average molecular weight is 101 g/mol. The minimum absolute atomic E-state index is 0.0833. The summed E-state index contributed by atoms with van der Waals surface area (Å²) in [6, 6.07) is 0. The summed E-state index contributed by atoms with van der Waals surface area (Å²) in [7, 11) is 4.04. The van der Waals surface area contributed by atoms with Crippen LogP contribution >= 0.6 is 0 Å². The quantitative estimate of drug-likeness (QED) is 0.441. The van der Waals surface area contributed by atoms with Crippen LogP contribution in [0, 0.1) is 0 Å². The Morgan fingerprint density at radius 2 is 2.00 bits per heavy atom. The standard InChI is InChI=1S/C5H11NO/c1-5(4-7-5)6(2)3/h4H2,1-3H3. The Morgan fingerprint density at radius 1 is 1.57 bits per heavy atom. The highest BCUT2D eigenvalue weighted by molar-refractivity contribution is 4.82. The maximum atomic E-state index is 5.08. The molecule has 0 amide bonds. The lowest BCUT2D eigenvalue weighted by Gasteiger charge is -2.12. The van der Waals surface area contributed by atoms with Crippen molar-refractivity contribution in [2.45, 2.75) is 12.6 Å². The Bertz CT molecular complexity index is 76.1. The highest BCUT2D eigenvalue weighted by Gasteiger charge is 2.41. The number of ether oxygens (including phenoxy) is 1. The SMILES string of the molecule is CN(C)C1(C)CO1. The molecule has 0 radical (unpaired) electrons. The van der Waals surface area contributed by atoms with E-state index >= 15 is 0 Å². The maximum Gasteiger partial charge on any atom is 0.142 e. The molecule has 1 atom stereocenters. The molecule has 0 aromatic rings. The lowest BCUT2D eigenvalue weighted by atomic mass is 10.4. The molecule has 1 fully saturated rings. The third kappa shape index (κ3) is 0.763. The molecule has 1 aliphatic heterocycles. The van der Waals surface area contributed by atoms with Crippen molar-refractivity contribution in [1.29, 1.82) is 0 Å². The molecule has 0 aromatic heterocycles. The molecule has 0 N–H and O–H groups in total. The molecule has 0 aromatic carbocycles. The van der Waals surface area contributed by atoms with Gasteiger partial charge in [-0.2, -0.15) is 0 Å². The summed E-state index contributed by atoms with van der Waals surface area (Å²) in [4.78, 5) is 2.08. The van der Waals surface area contributed by atoms with Crippen molar-refractivity contribution in [3.05, 3.63) is 0 Å². The van der Waals surface area contributed by atoms with E-state index in [2.05, 4.69) is 11.8 Å². The summed E-state index contributed by atoms with van der Waals surface area (Å²) < 4.78 is 5.08. The first kappa shape index (κ1) is 5.06. The number of likely N-dealkylation sites (N-methyl/N-ethyl adjacent to an activating group) is 1. The van der Waals surface area contributed by atoms with Gasteiger partial charge in [-0.1, -0.05) is 0 Å². The summed E-state index contributed by atoms with van der Waals surface area (Å²) in [5.74, 6) is 0. The third-order valence-corrected chi connectivity index (χ3v) is 1.51. The van der Waals surface area contributed by atoms with E-state index in [9.17, 15) is 0 Å². The van der Waals surface area contributed by atoms with Gasteiger partial charge < -0.3 is 4.74 Å². The molecule has 0 aliphatic carbocycles. The number of hydrogen-bond donors (Lipinski definition) is 0. The second kappa shape index (κ2) is 1.20. The van der Waals surface area contributed by atoms with Crippen molar-refractivity contribution in [3.63, 3.8) is 0 Å². The van der Waals surface area contributed by atoms with Crippen LogP contribution < -0.4 is 0 Å². The lowest BCUT2D eigenvalue weighted by molar-refractivity contribution is 0.150. The van der Waals surface area contributed by atoms with Crippen LogP contribution in [0.2, 0.25) is 0 Å². The van der Waals surface area contributed by atoms with Crippen LogP contribution in [0.25, 0.3) is 0 Å². The van der Waals surface area contributed by atoms with Gasteiger partial charge in [0.05, 0.1) is 6.61 Å². The summed E-state index contributed by atoms with van der Waals surface area (Å²) in [6.45, 7) is 2.97. The highest BCUT2D eigenvalue weighted by atomic mass is 16.6. The fourth-order valence-electron chi connectivity index (χ4n) is 0.363. The second-order valence-electron chi connectivity index (χ2n) is 2.36. The highest BCUT2D eigenvalue weighted by Crippen LogP contribution is 2.27. The van der Waals surface area contributed by atoms with Crippen LogP contribution in [-0.2, 0) is 4.74 Å². The van der Waals surface area contributed by atoms with Crippen molar-refractivity contribution < 1.29 is 4.74 Å². The fourth-order valence-corrected chi connectivity index (χ4v) is 0.363. The number of rotatable bonds is 1. The molecule has 0 bridgehead atoms. The first-order chi connectivity index (χ1) is 3.15. The Morgan fingerprint density at radius 3 is 2.00 bits per heavy atom. The van der Waals surface area contributed by atoms with Crippen LogP contribution in [0.3, 0.4) is 0 Å². The Hall–Kier alpha value is -0.0800. The zero-order valence-corrected chi connectivity index (χ0v) is 5.06.